The van der Waals surface area contributed by atoms with E-state index in [1.807, 2.05) is 11.4 Å². The Labute approximate surface area is 114 Å². The van der Waals surface area contributed by atoms with Crippen molar-refractivity contribution in [1.82, 2.24) is 9.97 Å². The van der Waals surface area contributed by atoms with Crippen molar-refractivity contribution in [1.29, 1.82) is 0 Å². The average molecular weight is 284 g/mol. The molecule has 0 unspecified atom stereocenters. The fourth-order valence-corrected chi connectivity index (χ4v) is 3.14. The molecule has 1 aliphatic heterocycles. The number of hydrogen-bond donors (Lipinski definition) is 1. The van der Waals surface area contributed by atoms with Crippen LogP contribution in [0.3, 0.4) is 0 Å². The fraction of sp³-hybridized carbons (Fsp3) is 0.500. The smallest absolute Gasteiger partial charge is 0.225 e. The topological polar surface area (TPSA) is 47.0 Å². The Morgan fingerprint density at radius 2 is 2.22 bits per heavy atom. The number of nitrogens with zero attached hydrogens (tertiary/aromatic N) is 2. The molecule has 3 heterocycles. The minimum atomic E-state index is 0.305. The van der Waals surface area contributed by atoms with Gasteiger partial charge in [0.05, 0.1) is 5.39 Å². The first-order chi connectivity index (χ1) is 8.83. The lowest BCUT2D eigenvalue weighted by Gasteiger charge is -2.22. The van der Waals surface area contributed by atoms with Crippen LogP contribution >= 0.6 is 22.9 Å². The third kappa shape index (κ3) is 2.58. The molecule has 96 valence electrons. The maximum Gasteiger partial charge on any atom is 0.225 e. The van der Waals surface area contributed by atoms with E-state index in [4.69, 9.17) is 16.3 Å². The zero-order valence-corrected chi connectivity index (χ0v) is 11.4. The lowest BCUT2D eigenvalue weighted by atomic mass is 10.0. The Hall–Kier alpha value is -0.910. The van der Waals surface area contributed by atoms with Gasteiger partial charge in [-0.2, -0.15) is 0 Å². The standard InChI is InChI=1S/C12H14ClN3OS/c13-12-15-10(9-3-6-18-11(9)16-12)14-7-8-1-4-17-5-2-8/h3,6,8H,1-2,4-5,7H2,(H,14,15,16). The number of nitrogens with one attached hydrogen (secondary N) is 1. The number of anilines is 1. The molecule has 0 aromatic carbocycles. The highest BCUT2D eigenvalue weighted by Crippen LogP contribution is 2.27. The molecule has 2 aromatic rings. The van der Waals surface area contributed by atoms with Gasteiger partial charge in [0.1, 0.15) is 10.6 Å². The monoisotopic (exact) mass is 283 g/mol. The molecule has 1 N–H and O–H groups in total. The van der Waals surface area contributed by atoms with Crippen LogP contribution in [0.25, 0.3) is 10.2 Å². The minimum Gasteiger partial charge on any atom is -0.381 e. The number of halogens is 1. The van der Waals surface area contributed by atoms with Gasteiger partial charge in [-0.3, -0.25) is 0 Å². The molecule has 0 bridgehead atoms. The normalized spacial score (nSPS) is 17.2. The largest absolute Gasteiger partial charge is 0.381 e. The van der Waals surface area contributed by atoms with Crippen LogP contribution in [0.1, 0.15) is 12.8 Å². The summed E-state index contributed by atoms with van der Waals surface area (Å²) in [6, 6.07) is 2.03. The van der Waals surface area contributed by atoms with Crippen molar-refractivity contribution in [2.24, 2.45) is 5.92 Å². The first kappa shape index (κ1) is 12.1. The SMILES string of the molecule is Clc1nc(NCC2CCOCC2)c2ccsc2n1. The van der Waals surface area contributed by atoms with Gasteiger partial charge in [0.2, 0.25) is 5.28 Å². The van der Waals surface area contributed by atoms with Crippen LogP contribution in [0.5, 0.6) is 0 Å². The summed E-state index contributed by atoms with van der Waals surface area (Å²) in [6.45, 7) is 2.65. The summed E-state index contributed by atoms with van der Waals surface area (Å²) in [5.41, 5.74) is 0. The van der Waals surface area contributed by atoms with Gasteiger partial charge in [-0.15, -0.1) is 11.3 Å². The predicted octanol–water partition coefficient (Wildman–Crippen LogP) is 3.18. The molecule has 0 atom stereocenters. The van der Waals surface area contributed by atoms with Gasteiger partial charge in [0.15, 0.2) is 0 Å². The second-order valence-electron chi connectivity index (χ2n) is 4.42. The molecule has 0 radical (unpaired) electrons. The summed E-state index contributed by atoms with van der Waals surface area (Å²) in [4.78, 5) is 9.42. The lowest BCUT2D eigenvalue weighted by molar-refractivity contribution is 0.0699. The Bertz CT molecular complexity index is 539. The van der Waals surface area contributed by atoms with E-state index in [1.54, 1.807) is 11.3 Å². The van der Waals surface area contributed by atoms with Crippen molar-refractivity contribution in [3.63, 3.8) is 0 Å². The number of ether oxygens (including phenoxy) is 1. The van der Waals surface area contributed by atoms with Crippen molar-refractivity contribution in [2.45, 2.75) is 12.8 Å². The molecule has 4 nitrogen and oxygen atoms in total. The minimum absolute atomic E-state index is 0.305. The second-order valence-corrected chi connectivity index (χ2v) is 5.65. The number of rotatable bonds is 3. The van der Waals surface area contributed by atoms with Crippen LogP contribution in [0, 0.1) is 5.92 Å². The molecule has 0 aliphatic carbocycles. The van der Waals surface area contributed by atoms with E-state index >= 15 is 0 Å². The van der Waals surface area contributed by atoms with Crippen LogP contribution in [-0.2, 0) is 4.74 Å². The number of fused-ring (bicyclic) bond motifs is 1. The van der Waals surface area contributed by atoms with Crippen molar-refractivity contribution in [2.75, 3.05) is 25.1 Å². The number of hydrogen-bond acceptors (Lipinski definition) is 5. The first-order valence-corrected chi connectivity index (χ1v) is 7.31. The molecule has 1 saturated heterocycles. The van der Waals surface area contributed by atoms with E-state index in [1.165, 1.54) is 0 Å². The van der Waals surface area contributed by atoms with Gasteiger partial charge in [0.25, 0.3) is 0 Å². The Balaban J connectivity index is 1.75. The summed E-state index contributed by atoms with van der Waals surface area (Å²) < 4.78 is 5.36. The van der Waals surface area contributed by atoms with Crippen LogP contribution in [0.2, 0.25) is 5.28 Å². The lowest BCUT2D eigenvalue weighted by Crippen LogP contribution is -2.23. The summed E-state index contributed by atoms with van der Waals surface area (Å²) in [7, 11) is 0. The molecular formula is C12H14ClN3OS. The molecule has 0 saturated carbocycles. The van der Waals surface area contributed by atoms with E-state index in [2.05, 4.69) is 15.3 Å². The first-order valence-electron chi connectivity index (χ1n) is 6.05. The molecule has 1 fully saturated rings. The fourth-order valence-electron chi connectivity index (χ4n) is 2.16. The maximum absolute atomic E-state index is 5.93. The highest BCUT2D eigenvalue weighted by atomic mass is 35.5. The summed E-state index contributed by atoms with van der Waals surface area (Å²) >= 11 is 7.51. The van der Waals surface area contributed by atoms with E-state index in [9.17, 15) is 0 Å². The zero-order chi connectivity index (χ0) is 12.4. The van der Waals surface area contributed by atoms with Crippen molar-refractivity contribution < 1.29 is 4.74 Å². The van der Waals surface area contributed by atoms with Crippen LogP contribution in [0.4, 0.5) is 5.82 Å². The van der Waals surface area contributed by atoms with Gasteiger partial charge < -0.3 is 10.1 Å². The van der Waals surface area contributed by atoms with E-state index < -0.39 is 0 Å². The van der Waals surface area contributed by atoms with E-state index in [-0.39, 0.29) is 0 Å². The quantitative estimate of drug-likeness (QED) is 0.879. The van der Waals surface area contributed by atoms with Gasteiger partial charge in [-0.25, -0.2) is 9.97 Å². The van der Waals surface area contributed by atoms with Gasteiger partial charge >= 0.3 is 0 Å². The molecule has 18 heavy (non-hydrogen) atoms. The summed E-state index contributed by atoms with van der Waals surface area (Å²) in [5, 5.41) is 6.77. The van der Waals surface area contributed by atoms with Gasteiger partial charge in [-0.05, 0) is 41.8 Å². The number of aromatic nitrogens is 2. The van der Waals surface area contributed by atoms with Crippen molar-refractivity contribution in [3.05, 3.63) is 16.7 Å². The molecule has 3 rings (SSSR count). The molecule has 2 aromatic heterocycles. The van der Waals surface area contributed by atoms with E-state index in [0.29, 0.717) is 11.2 Å². The number of thiophene rings is 1. The Morgan fingerprint density at radius 1 is 1.39 bits per heavy atom. The molecule has 1 aliphatic rings. The molecular weight excluding hydrogens is 270 g/mol. The Kier molecular flexibility index (Phi) is 3.63. The van der Waals surface area contributed by atoms with Gasteiger partial charge in [0, 0.05) is 19.8 Å². The van der Waals surface area contributed by atoms with Crippen LogP contribution in [0.15, 0.2) is 11.4 Å². The Morgan fingerprint density at radius 3 is 3.06 bits per heavy atom. The highest BCUT2D eigenvalue weighted by molar-refractivity contribution is 7.16. The molecule has 6 heteroatoms. The average Bonchev–Trinajstić information content (AvgIpc) is 2.85. The van der Waals surface area contributed by atoms with E-state index in [0.717, 1.165) is 48.6 Å². The highest BCUT2D eigenvalue weighted by Gasteiger charge is 2.15. The van der Waals surface area contributed by atoms with Gasteiger partial charge in [-0.1, -0.05) is 0 Å². The van der Waals surface area contributed by atoms with Crippen LogP contribution in [-0.4, -0.2) is 29.7 Å². The predicted molar refractivity (Wildman–Crippen MR) is 74.5 cm³/mol. The summed E-state index contributed by atoms with van der Waals surface area (Å²) in [6.07, 6.45) is 2.22. The zero-order valence-electron chi connectivity index (χ0n) is 9.86. The van der Waals surface area contributed by atoms with Crippen molar-refractivity contribution >= 4 is 39.0 Å². The third-order valence-electron chi connectivity index (χ3n) is 3.20. The van der Waals surface area contributed by atoms with Crippen molar-refractivity contribution in [3.8, 4) is 0 Å². The second kappa shape index (κ2) is 5.38. The van der Waals surface area contributed by atoms with Crippen LogP contribution < -0.4 is 5.32 Å². The third-order valence-corrected chi connectivity index (χ3v) is 4.17. The molecule has 0 amide bonds. The summed E-state index contributed by atoms with van der Waals surface area (Å²) in [5.74, 6) is 1.50. The molecule has 0 spiro atoms. The maximum atomic E-state index is 5.93.